The summed E-state index contributed by atoms with van der Waals surface area (Å²) in [6, 6.07) is 2.78. The monoisotopic (exact) mass is 690 g/mol. The minimum absolute atomic E-state index is 0.0796. The number of fused-ring (bicyclic) bond motifs is 6. The van der Waals surface area contributed by atoms with E-state index in [0.717, 1.165) is 88.0 Å². The number of ether oxygens (including phenoxy) is 3. The summed E-state index contributed by atoms with van der Waals surface area (Å²) in [6.07, 6.45) is 5.88. The summed E-state index contributed by atoms with van der Waals surface area (Å²) < 4.78 is 50.5. The van der Waals surface area contributed by atoms with E-state index in [0.29, 0.717) is 16.8 Å². The number of anilines is 2. The van der Waals surface area contributed by atoms with Crippen molar-refractivity contribution in [3.63, 3.8) is 0 Å². The average molecular weight is 691 g/mol. The molecular weight excluding hydrogens is 651 g/mol. The number of methoxy groups -OCH3 is 1. The van der Waals surface area contributed by atoms with Gasteiger partial charge in [-0.2, -0.15) is 15.2 Å². The van der Waals surface area contributed by atoms with Gasteiger partial charge in [-0.05, 0) is 63.7 Å². The summed E-state index contributed by atoms with van der Waals surface area (Å²) in [5.41, 5.74) is 8.01. The van der Waals surface area contributed by atoms with Gasteiger partial charge in [-0.3, -0.25) is 14.8 Å². The zero-order chi connectivity index (χ0) is 34.0. The number of rotatable bonds is 9. The molecule has 0 amide bonds. The fourth-order valence-corrected chi connectivity index (χ4v) is 9.51. The Morgan fingerprint density at radius 1 is 1.14 bits per heavy atom. The molecule has 49 heavy (non-hydrogen) atoms. The highest BCUT2D eigenvalue weighted by Crippen LogP contribution is 2.48. The number of nitrogen functional groups attached to an aromatic ring is 1. The van der Waals surface area contributed by atoms with Crippen molar-refractivity contribution in [2.75, 3.05) is 57.6 Å². The third kappa shape index (κ3) is 5.38. The van der Waals surface area contributed by atoms with Crippen molar-refractivity contribution in [3.8, 4) is 23.3 Å². The van der Waals surface area contributed by atoms with Gasteiger partial charge in [0, 0.05) is 62.4 Å². The number of likely N-dealkylation sites (tertiary alicyclic amines) is 2. The molecule has 4 aliphatic rings. The van der Waals surface area contributed by atoms with Gasteiger partial charge in [-0.1, -0.05) is 0 Å². The summed E-state index contributed by atoms with van der Waals surface area (Å²) in [5.74, 6) is -0.579. The summed E-state index contributed by atoms with van der Waals surface area (Å²) in [5, 5.41) is 11.0. The number of aromatic nitrogens is 3. The molecule has 14 heteroatoms. The Hall–Kier alpha value is -3.74. The number of piperazine rings is 1. The van der Waals surface area contributed by atoms with Crippen LogP contribution in [0.2, 0.25) is 0 Å². The smallest absolute Gasteiger partial charge is 0.319 e. The van der Waals surface area contributed by atoms with Crippen molar-refractivity contribution in [1.29, 1.82) is 5.26 Å². The number of pyridine rings is 1. The lowest BCUT2D eigenvalue weighted by Gasteiger charge is -2.42. The fourth-order valence-electron chi connectivity index (χ4n) is 8.59. The van der Waals surface area contributed by atoms with Gasteiger partial charge in [-0.25, -0.2) is 8.78 Å². The molecule has 4 unspecified atom stereocenters. The molecule has 2 bridgehead atoms. The Morgan fingerprint density at radius 2 is 1.92 bits per heavy atom. The largest absolute Gasteiger partial charge is 0.459 e. The van der Waals surface area contributed by atoms with E-state index in [1.807, 2.05) is 6.92 Å². The van der Waals surface area contributed by atoms with Gasteiger partial charge in [0.05, 0.1) is 40.8 Å². The summed E-state index contributed by atoms with van der Waals surface area (Å²) in [6.45, 7) is 6.78. The Balaban J connectivity index is 1.32. The third-order valence-corrected chi connectivity index (χ3v) is 11.9. The van der Waals surface area contributed by atoms with E-state index in [1.54, 1.807) is 7.11 Å². The first-order valence-electron chi connectivity index (χ1n) is 17.0. The summed E-state index contributed by atoms with van der Waals surface area (Å²) in [4.78, 5) is 21.4. The predicted molar refractivity (Wildman–Crippen MR) is 184 cm³/mol. The Kier molecular flexibility index (Phi) is 8.52. The van der Waals surface area contributed by atoms with Crippen LogP contribution in [0.1, 0.15) is 55.7 Å². The number of hydrogen-bond acceptors (Lipinski definition) is 12. The molecule has 4 atom stereocenters. The lowest BCUT2D eigenvalue weighted by atomic mass is 9.93. The molecule has 11 nitrogen and oxygen atoms in total. The molecule has 0 saturated carbocycles. The van der Waals surface area contributed by atoms with Crippen LogP contribution in [-0.4, -0.2) is 95.9 Å². The first kappa shape index (κ1) is 32.5. The van der Waals surface area contributed by atoms with Crippen molar-refractivity contribution in [1.82, 2.24) is 24.8 Å². The van der Waals surface area contributed by atoms with Crippen molar-refractivity contribution < 1.29 is 23.0 Å². The summed E-state index contributed by atoms with van der Waals surface area (Å²) in [7, 11) is 3.82. The maximum atomic E-state index is 17.5. The van der Waals surface area contributed by atoms with Gasteiger partial charge in [0.25, 0.3) is 0 Å². The second kappa shape index (κ2) is 12.9. The minimum Gasteiger partial charge on any atom is -0.459 e. The molecule has 4 aromatic rings. The van der Waals surface area contributed by atoms with Gasteiger partial charge >= 0.3 is 6.01 Å². The lowest BCUT2D eigenvalue weighted by molar-refractivity contribution is 0.112. The minimum atomic E-state index is -0.627. The van der Waals surface area contributed by atoms with Crippen LogP contribution in [0, 0.1) is 23.0 Å². The topological polar surface area (TPSA) is 126 Å². The first-order valence-corrected chi connectivity index (χ1v) is 17.9. The number of nitriles is 1. The zero-order valence-electron chi connectivity index (χ0n) is 28.0. The van der Waals surface area contributed by atoms with Crippen LogP contribution in [0.5, 0.6) is 6.01 Å². The van der Waals surface area contributed by atoms with E-state index in [9.17, 15) is 5.26 Å². The van der Waals surface area contributed by atoms with E-state index in [-0.39, 0.29) is 80.9 Å². The van der Waals surface area contributed by atoms with E-state index in [4.69, 9.17) is 29.9 Å². The second-order valence-electron chi connectivity index (χ2n) is 13.7. The molecule has 0 spiro atoms. The molecule has 8 rings (SSSR count). The third-order valence-electron chi connectivity index (χ3n) is 10.8. The normalized spacial score (nSPS) is 23.1. The van der Waals surface area contributed by atoms with Crippen LogP contribution in [0.15, 0.2) is 6.20 Å². The van der Waals surface area contributed by atoms with E-state index >= 15 is 8.78 Å². The van der Waals surface area contributed by atoms with E-state index < -0.39 is 11.6 Å². The molecule has 4 aliphatic heterocycles. The van der Waals surface area contributed by atoms with Gasteiger partial charge in [-0.15, -0.1) is 11.3 Å². The number of benzene rings is 1. The van der Waals surface area contributed by atoms with Crippen molar-refractivity contribution in [3.05, 3.63) is 34.5 Å². The van der Waals surface area contributed by atoms with Crippen LogP contribution >= 0.6 is 11.3 Å². The van der Waals surface area contributed by atoms with Gasteiger partial charge in [0.2, 0.25) is 0 Å². The zero-order valence-corrected chi connectivity index (χ0v) is 28.8. The van der Waals surface area contributed by atoms with Crippen LogP contribution < -0.4 is 15.4 Å². The lowest BCUT2D eigenvalue weighted by Crippen LogP contribution is -2.54. The number of halogens is 2. The number of nitrogens with zero attached hydrogens (tertiary/aromatic N) is 7. The summed E-state index contributed by atoms with van der Waals surface area (Å²) >= 11 is 0.957. The molecule has 0 aliphatic carbocycles. The number of thiophene rings is 1. The van der Waals surface area contributed by atoms with E-state index in [2.05, 4.69) is 32.8 Å². The Bertz CT molecular complexity index is 1970. The number of likely N-dealkylation sites (N-methyl/N-ethyl adjacent to an activating group) is 1. The highest BCUT2D eigenvalue weighted by Gasteiger charge is 2.43. The molecule has 2 N–H and O–H groups in total. The number of nitrogens with two attached hydrogens (primary N) is 1. The average Bonchev–Trinajstić information content (AvgIpc) is 3.87. The van der Waals surface area contributed by atoms with Gasteiger partial charge < -0.3 is 24.8 Å². The SMILES string of the molecule is COCCCN1CC2CCC(C1)N2c1nc(OC(C)C2CCCN2C)nc2c(F)c(-c3ncc(F)c4sc(N)c(C#N)c34)c3c(c12)COC3. The van der Waals surface area contributed by atoms with Crippen LogP contribution in [0.3, 0.4) is 0 Å². The van der Waals surface area contributed by atoms with E-state index in [1.165, 1.54) is 0 Å². The molecule has 258 valence electrons. The number of hydrogen-bond donors (Lipinski definition) is 1. The van der Waals surface area contributed by atoms with Crippen molar-refractivity contribution >= 4 is 43.1 Å². The molecule has 0 radical (unpaired) electrons. The molecule has 3 aromatic heterocycles. The highest BCUT2D eigenvalue weighted by atomic mass is 32.1. The predicted octanol–water partition coefficient (Wildman–Crippen LogP) is 5.22. The Labute approximate surface area is 287 Å². The standard InChI is InChI=1S/C35H40F2N8O3S/c1-18(25-6-4-9-43(25)2)48-35-41-31-28(34(42-35)45-19-7-8-20(45)15-44(14-19)10-5-11-46-3)23-17-47-16-22(23)26(29(31)37)30-27-21(12-38)33(39)49-32(27)24(36)13-40-30/h13,18-20,25H,4-11,14-17,39H2,1-3H3. The second-order valence-corrected chi connectivity index (χ2v) is 14.8. The van der Waals surface area contributed by atoms with Gasteiger partial charge in [0.15, 0.2) is 11.6 Å². The highest BCUT2D eigenvalue weighted by molar-refractivity contribution is 7.23. The molecular formula is C35H40F2N8O3S. The maximum absolute atomic E-state index is 17.5. The van der Waals surface area contributed by atoms with Crippen molar-refractivity contribution in [2.45, 2.75) is 76.5 Å². The Morgan fingerprint density at radius 3 is 2.63 bits per heavy atom. The van der Waals surface area contributed by atoms with Gasteiger partial charge in [0.1, 0.15) is 28.5 Å². The molecule has 7 heterocycles. The van der Waals surface area contributed by atoms with Crippen molar-refractivity contribution in [2.24, 2.45) is 0 Å². The maximum Gasteiger partial charge on any atom is 0.319 e. The quantitative estimate of drug-likeness (QED) is 0.233. The van der Waals surface area contributed by atoms with Crippen LogP contribution in [0.4, 0.5) is 19.6 Å². The first-order chi connectivity index (χ1) is 23.8. The van der Waals surface area contributed by atoms with Crippen LogP contribution in [-0.2, 0) is 22.7 Å². The molecule has 3 fully saturated rings. The van der Waals surface area contributed by atoms with Crippen LogP contribution in [0.25, 0.3) is 32.2 Å². The fraction of sp³-hybridized carbons (Fsp3) is 0.543. The molecule has 1 aromatic carbocycles. The molecule has 3 saturated heterocycles.